The molecule has 7 nitrogen and oxygen atoms in total. The molecule has 0 atom stereocenters. The Morgan fingerprint density at radius 1 is 1.10 bits per heavy atom. The molecule has 1 aromatic carbocycles. The third kappa shape index (κ3) is 5.34. The van der Waals surface area contributed by atoms with E-state index in [4.69, 9.17) is 0 Å². The van der Waals surface area contributed by atoms with E-state index >= 15 is 0 Å². The summed E-state index contributed by atoms with van der Waals surface area (Å²) in [6.07, 6.45) is -4.72. The van der Waals surface area contributed by atoms with Gasteiger partial charge in [0, 0.05) is 6.54 Å². The molecule has 3 aromatic rings. The van der Waals surface area contributed by atoms with Crippen LogP contribution in [0.5, 0.6) is 5.75 Å². The molecule has 0 spiro atoms. The number of amides is 2. The summed E-state index contributed by atoms with van der Waals surface area (Å²) in [5, 5.41) is 14.1. The lowest BCUT2D eigenvalue weighted by molar-refractivity contribution is -0.142. The maximum absolute atomic E-state index is 13.6. The highest BCUT2D eigenvalue weighted by molar-refractivity contribution is 7.12. The molecule has 0 aliphatic heterocycles. The minimum Gasteiger partial charge on any atom is -0.506 e. The van der Waals surface area contributed by atoms with Crippen LogP contribution in [0, 0.1) is 5.82 Å². The number of thiazole rings is 1. The number of carbonyl (C=O) groups is 2. The van der Waals surface area contributed by atoms with Gasteiger partial charge < -0.3 is 15.7 Å². The topological polar surface area (TPSA) is 104 Å². The summed E-state index contributed by atoms with van der Waals surface area (Å²) in [6.45, 7) is 0.111. The first kappa shape index (κ1) is 22.2. The molecule has 2 aromatic heterocycles. The lowest BCUT2D eigenvalue weighted by atomic mass is 10.1. The van der Waals surface area contributed by atoms with Gasteiger partial charge >= 0.3 is 6.18 Å². The van der Waals surface area contributed by atoms with Crippen LogP contribution in [0.25, 0.3) is 0 Å². The number of nitrogens with one attached hydrogen (secondary N) is 2. The lowest BCUT2D eigenvalue weighted by Crippen LogP contribution is -2.26. The van der Waals surface area contributed by atoms with E-state index < -0.39 is 40.9 Å². The summed E-state index contributed by atoms with van der Waals surface area (Å²) in [5.41, 5.74) is -0.541. The molecule has 31 heavy (non-hydrogen) atoms. The molecule has 12 heteroatoms. The maximum Gasteiger partial charge on any atom is 0.437 e. The van der Waals surface area contributed by atoms with Crippen molar-refractivity contribution in [2.24, 2.45) is 0 Å². The van der Waals surface area contributed by atoms with Crippen molar-refractivity contribution < 1.29 is 32.3 Å². The molecule has 162 valence electrons. The summed E-state index contributed by atoms with van der Waals surface area (Å²) in [6, 6.07) is 7.70. The molecule has 0 aliphatic carbocycles. The standard InChI is InChI=1S/C19H14F4N4O3S/c20-11-4-2-1-3-10(11)7-8-24-18(30)14-16(25-9-31-14)27-17(29)12-5-6-13(28)15(26-12)19(21,22)23/h1-6,9,28H,7-8H2,(H,24,30)(H,27,29). The van der Waals surface area contributed by atoms with Gasteiger partial charge in [0.1, 0.15) is 22.1 Å². The number of carbonyl (C=O) groups excluding carboxylic acids is 2. The van der Waals surface area contributed by atoms with E-state index in [1.807, 2.05) is 0 Å². The van der Waals surface area contributed by atoms with E-state index in [9.17, 15) is 32.3 Å². The third-order valence-corrected chi connectivity index (χ3v) is 4.84. The second-order valence-electron chi connectivity index (χ2n) is 6.14. The second-order valence-corrected chi connectivity index (χ2v) is 7.00. The van der Waals surface area contributed by atoms with Gasteiger partial charge in [0.2, 0.25) is 0 Å². The van der Waals surface area contributed by atoms with Crippen LogP contribution < -0.4 is 10.6 Å². The summed E-state index contributed by atoms with van der Waals surface area (Å²) in [7, 11) is 0. The minimum absolute atomic E-state index is 0.0108. The molecule has 0 saturated heterocycles. The number of rotatable bonds is 6. The monoisotopic (exact) mass is 454 g/mol. The van der Waals surface area contributed by atoms with Crippen molar-refractivity contribution in [1.82, 2.24) is 15.3 Å². The fraction of sp³-hybridized carbons (Fsp3) is 0.158. The first-order valence-electron chi connectivity index (χ1n) is 8.70. The van der Waals surface area contributed by atoms with Crippen LogP contribution in [0.4, 0.5) is 23.4 Å². The molecule has 0 aliphatic rings. The number of nitrogens with zero attached hydrogens (tertiary/aromatic N) is 2. The number of alkyl halides is 3. The number of anilines is 1. The van der Waals surface area contributed by atoms with Crippen LogP contribution in [-0.4, -0.2) is 33.4 Å². The number of hydrogen-bond donors (Lipinski definition) is 3. The minimum atomic E-state index is -4.95. The zero-order valence-electron chi connectivity index (χ0n) is 15.5. The zero-order valence-corrected chi connectivity index (χ0v) is 16.4. The first-order valence-corrected chi connectivity index (χ1v) is 9.58. The average Bonchev–Trinajstić information content (AvgIpc) is 3.17. The van der Waals surface area contributed by atoms with Gasteiger partial charge in [0.05, 0.1) is 5.51 Å². The van der Waals surface area contributed by atoms with Gasteiger partial charge in [-0.1, -0.05) is 18.2 Å². The van der Waals surface area contributed by atoms with Crippen molar-refractivity contribution in [3.8, 4) is 5.75 Å². The molecule has 0 radical (unpaired) electrons. The number of aromatic hydroxyl groups is 1. The highest BCUT2D eigenvalue weighted by Crippen LogP contribution is 2.34. The van der Waals surface area contributed by atoms with Gasteiger partial charge in [-0.25, -0.2) is 14.4 Å². The molecule has 2 heterocycles. The van der Waals surface area contributed by atoms with Crippen molar-refractivity contribution in [2.75, 3.05) is 11.9 Å². The molecule has 0 bridgehead atoms. The molecule has 3 rings (SSSR count). The van der Waals surface area contributed by atoms with E-state index in [0.717, 1.165) is 17.4 Å². The third-order valence-electron chi connectivity index (χ3n) is 4.02. The van der Waals surface area contributed by atoms with Crippen molar-refractivity contribution in [2.45, 2.75) is 12.6 Å². The smallest absolute Gasteiger partial charge is 0.437 e. The largest absolute Gasteiger partial charge is 0.506 e. The van der Waals surface area contributed by atoms with Crippen molar-refractivity contribution in [3.63, 3.8) is 0 Å². The van der Waals surface area contributed by atoms with Gasteiger partial charge in [-0.3, -0.25) is 9.59 Å². The Balaban J connectivity index is 1.67. The maximum atomic E-state index is 13.6. The second kappa shape index (κ2) is 9.08. The van der Waals surface area contributed by atoms with Gasteiger partial charge in [-0.15, -0.1) is 11.3 Å². The lowest BCUT2D eigenvalue weighted by Gasteiger charge is -2.10. The van der Waals surface area contributed by atoms with Crippen molar-refractivity contribution >= 4 is 29.0 Å². The van der Waals surface area contributed by atoms with Crippen LogP contribution in [0.3, 0.4) is 0 Å². The van der Waals surface area contributed by atoms with E-state index in [-0.39, 0.29) is 23.7 Å². The molecule has 0 unspecified atom stereocenters. The quantitative estimate of drug-likeness (QED) is 0.494. The zero-order chi connectivity index (χ0) is 22.6. The first-order chi connectivity index (χ1) is 14.7. The number of halogens is 4. The van der Waals surface area contributed by atoms with Gasteiger partial charge in [0.15, 0.2) is 11.5 Å². The Labute approximate surface area is 176 Å². The van der Waals surface area contributed by atoms with E-state index in [1.54, 1.807) is 18.2 Å². The number of benzene rings is 1. The van der Waals surface area contributed by atoms with Crippen LogP contribution in [0.15, 0.2) is 41.9 Å². The Kier molecular flexibility index (Phi) is 6.49. The predicted molar refractivity (Wildman–Crippen MR) is 103 cm³/mol. The number of aromatic nitrogens is 2. The van der Waals surface area contributed by atoms with Crippen molar-refractivity contribution in [3.05, 3.63) is 69.6 Å². The predicted octanol–water partition coefficient (Wildman–Crippen LogP) is 3.63. The van der Waals surface area contributed by atoms with E-state index in [0.29, 0.717) is 11.6 Å². The normalized spacial score (nSPS) is 11.2. The Hall–Kier alpha value is -3.54. The fourth-order valence-corrected chi connectivity index (χ4v) is 3.20. The van der Waals surface area contributed by atoms with Crippen LogP contribution in [0.2, 0.25) is 0 Å². The van der Waals surface area contributed by atoms with Gasteiger partial charge in [0.25, 0.3) is 11.8 Å². The van der Waals surface area contributed by atoms with Crippen molar-refractivity contribution in [1.29, 1.82) is 0 Å². The van der Waals surface area contributed by atoms with Crippen LogP contribution in [-0.2, 0) is 12.6 Å². The molecule has 0 saturated carbocycles. The summed E-state index contributed by atoms with van der Waals surface area (Å²) >= 11 is 0.902. The molecule has 0 fully saturated rings. The van der Waals surface area contributed by atoms with E-state index in [1.165, 1.54) is 11.6 Å². The van der Waals surface area contributed by atoms with Gasteiger partial charge in [-0.05, 0) is 30.2 Å². The Bertz CT molecular complexity index is 1120. The fourth-order valence-electron chi connectivity index (χ4n) is 2.55. The highest BCUT2D eigenvalue weighted by Gasteiger charge is 2.36. The summed E-state index contributed by atoms with van der Waals surface area (Å²) in [5.74, 6) is -3.32. The average molecular weight is 454 g/mol. The SMILES string of the molecule is O=C(Nc1ncsc1C(=O)NCCc1ccccc1F)c1ccc(O)c(C(F)(F)F)n1. The molecular formula is C19H14F4N4O3S. The molecule has 3 N–H and O–H groups in total. The Morgan fingerprint density at radius 2 is 1.84 bits per heavy atom. The summed E-state index contributed by atoms with van der Waals surface area (Å²) < 4.78 is 52.2. The summed E-state index contributed by atoms with van der Waals surface area (Å²) in [4.78, 5) is 31.6. The van der Waals surface area contributed by atoms with Crippen LogP contribution in [0.1, 0.15) is 31.4 Å². The van der Waals surface area contributed by atoms with Gasteiger partial charge in [-0.2, -0.15) is 13.2 Å². The molecular weight excluding hydrogens is 440 g/mol. The highest BCUT2D eigenvalue weighted by atomic mass is 32.1. The van der Waals surface area contributed by atoms with Crippen LogP contribution >= 0.6 is 11.3 Å². The van der Waals surface area contributed by atoms with E-state index in [2.05, 4.69) is 20.6 Å². The number of pyridine rings is 1. The Morgan fingerprint density at radius 3 is 2.55 bits per heavy atom. The molecule has 2 amide bonds. The number of hydrogen-bond acceptors (Lipinski definition) is 6.